The van der Waals surface area contributed by atoms with Gasteiger partial charge < -0.3 is 10.0 Å². The molecule has 0 unspecified atom stereocenters. The highest BCUT2D eigenvalue weighted by atomic mass is 16.3. The van der Waals surface area contributed by atoms with Crippen LogP contribution >= 0.6 is 0 Å². The normalized spacial score (nSPS) is 43.4. The van der Waals surface area contributed by atoms with Crippen molar-refractivity contribution in [1.29, 1.82) is 0 Å². The van der Waals surface area contributed by atoms with E-state index in [1.54, 1.807) is 11.8 Å². The van der Waals surface area contributed by atoms with E-state index in [-0.39, 0.29) is 18.1 Å². The van der Waals surface area contributed by atoms with Gasteiger partial charge in [0.05, 0.1) is 12.1 Å². The molecule has 1 N–H and O–H groups in total. The lowest BCUT2D eigenvalue weighted by molar-refractivity contribution is -0.130. The quantitative estimate of drug-likeness (QED) is 0.498. The van der Waals surface area contributed by atoms with E-state index in [0.29, 0.717) is 5.92 Å². The van der Waals surface area contributed by atoms with Gasteiger partial charge in [-0.3, -0.25) is 4.79 Å². The van der Waals surface area contributed by atoms with Crippen LogP contribution in [0.2, 0.25) is 0 Å². The van der Waals surface area contributed by atoms with Crippen molar-refractivity contribution in [2.75, 3.05) is 6.54 Å². The number of aliphatic hydroxyl groups excluding tert-OH is 1. The number of fused-ring (bicyclic) bond motifs is 1. The molecule has 2 heterocycles. The maximum Gasteiger partial charge on any atom is 0.219 e. The lowest BCUT2D eigenvalue weighted by atomic mass is 9.83. The van der Waals surface area contributed by atoms with Gasteiger partial charge in [0.25, 0.3) is 0 Å². The number of hydrogen-bond donors (Lipinski definition) is 1. The van der Waals surface area contributed by atoms with Crippen LogP contribution in [-0.2, 0) is 4.79 Å². The molecule has 2 bridgehead atoms. The number of aliphatic hydroxyl groups is 1. The number of hydrogen-bond acceptors (Lipinski definition) is 2. The first-order valence-corrected chi connectivity index (χ1v) is 3.65. The monoisotopic (exact) mass is 141 g/mol. The molecule has 3 fully saturated rings. The molecule has 3 atom stereocenters. The molecule has 1 aliphatic carbocycles. The molecule has 3 rings (SSSR count). The van der Waals surface area contributed by atoms with E-state index in [1.807, 2.05) is 0 Å². The lowest BCUT2D eigenvalue weighted by Gasteiger charge is -2.31. The fourth-order valence-corrected chi connectivity index (χ4v) is 1.95. The van der Waals surface area contributed by atoms with E-state index >= 15 is 0 Å². The number of rotatable bonds is 0. The molecular weight excluding hydrogens is 130 g/mol. The van der Waals surface area contributed by atoms with Crippen molar-refractivity contribution >= 4 is 5.91 Å². The number of amides is 1. The summed E-state index contributed by atoms with van der Waals surface area (Å²) in [7, 11) is 0. The minimum absolute atomic E-state index is 0.101. The van der Waals surface area contributed by atoms with Gasteiger partial charge in [0.15, 0.2) is 0 Å². The van der Waals surface area contributed by atoms with Crippen molar-refractivity contribution in [1.82, 2.24) is 4.90 Å². The molecule has 0 aromatic rings. The third-order valence-corrected chi connectivity index (χ3v) is 2.66. The third kappa shape index (κ3) is 0.560. The van der Waals surface area contributed by atoms with E-state index in [2.05, 4.69) is 0 Å². The number of carbonyl (C=O) groups is 1. The Morgan fingerprint density at radius 2 is 2.40 bits per heavy atom. The summed E-state index contributed by atoms with van der Waals surface area (Å²) in [6.07, 6.45) is 0.796. The highest BCUT2D eigenvalue weighted by Crippen LogP contribution is 2.40. The van der Waals surface area contributed by atoms with Crippen molar-refractivity contribution in [3.05, 3.63) is 0 Å². The van der Waals surface area contributed by atoms with Gasteiger partial charge in [-0.05, 0) is 6.42 Å². The summed E-state index contributed by atoms with van der Waals surface area (Å²) >= 11 is 0. The number of carbonyl (C=O) groups excluding carboxylic acids is 1. The van der Waals surface area contributed by atoms with Crippen LogP contribution in [0.1, 0.15) is 13.3 Å². The Kier molecular flexibility index (Phi) is 1.06. The fourth-order valence-electron chi connectivity index (χ4n) is 1.95. The van der Waals surface area contributed by atoms with Gasteiger partial charge in [-0.2, -0.15) is 0 Å². The summed E-state index contributed by atoms with van der Waals surface area (Å²) in [6.45, 7) is 2.34. The Morgan fingerprint density at radius 3 is 2.60 bits per heavy atom. The van der Waals surface area contributed by atoms with Crippen molar-refractivity contribution in [3.8, 4) is 0 Å². The molecule has 3 aliphatic rings. The molecule has 0 aromatic carbocycles. The Balaban J connectivity index is 2.10. The molecule has 3 heteroatoms. The average Bonchev–Trinajstić information content (AvgIpc) is 2.40. The Morgan fingerprint density at radius 1 is 1.70 bits per heavy atom. The average molecular weight is 141 g/mol. The molecule has 0 radical (unpaired) electrons. The molecule has 1 amide bonds. The summed E-state index contributed by atoms with van der Waals surface area (Å²) in [4.78, 5) is 12.6. The van der Waals surface area contributed by atoms with Gasteiger partial charge in [-0.15, -0.1) is 0 Å². The zero-order chi connectivity index (χ0) is 7.30. The van der Waals surface area contributed by atoms with Crippen LogP contribution in [0.4, 0.5) is 0 Å². The maximum absolute atomic E-state index is 10.8. The highest BCUT2D eigenvalue weighted by molar-refractivity contribution is 5.74. The molecule has 3 nitrogen and oxygen atoms in total. The Bertz CT molecular complexity index is 180. The van der Waals surface area contributed by atoms with Crippen LogP contribution in [0, 0.1) is 5.92 Å². The summed E-state index contributed by atoms with van der Waals surface area (Å²) in [5, 5.41) is 9.27. The SMILES string of the molecule is CC(=O)N1C[C@H]2C[C@@H]1[C@H]2O. The fraction of sp³-hybridized carbons (Fsp3) is 0.857. The zero-order valence-corrected chi connectivity index (χ0v) is 5.95. The largest absolute Gasteiger partial charge is 0.391 e. The van der Waals surface area contributed by atoms with Crippen LogP contribution < -0.4 is 0 Å². The summed E-state index contributed by atoms with van der Waals surface area (Å²) < 4.78 is 0. The summed E-state index contributed by atoms with van der Waals surface area (Å²) in [5.74, 6) is 0.484. The topological polar surface area (TPSA) is 40.5 Å². The standard InChI is InChI=1S/C7H11NO2/c1-4(9)8-3-5-2-6(8)7(5)10/h5-7,10H,2-3H2,1H3/t5-,6-,7+/m1/s1. The first kappa shape index (κ1) is 6.16. The minimum atomic E-state index is -0.219. The van der Waals surface area contributed by atoms with Gasteiger partial charge in [-0.25, -0.2) is 0 Å². The predicted molar refractivity (Wildman–Crippen MR) is 35.3 cm³/mol. The smallest absolute Gasteiger partial charge is 0.219 e. The van der Waals surface area contributed by atoms with Crippen LogP contribution in [0.15, 0.2) is 0 Å². The van der Waals surface area contributed by atoms with Gasteiger partial charge in [0.1, 0.15) is 0 Å². The second-order valence-electron chi connectivity index (χ2n) is 3.23. The molecular formula is C7H11NO2. The zero-order valence-electron chi connectivity index (χ0n) is 5.95. The van der Waals surface area contributed by atoms with E-state index in [0.717, 1.165) is 13.0 Å². The van der Waals surface area contributed by atoms with Gasteiger partial charge >= 0.3 is 0 Å². The second-order valence-corrected chi connectivity index (χ2v) is 3.23. The van der Waals surface area contributed by atoms with E-state index in [4.69, 9.17) is 0 Å². The second kappa shape index (κ2) is 1.72. The Hall–Kier alpha value is -0.570. The van der Waals surface area contributed by atoms with E-state index < -0.39 is 0 Å². The maximum atomic E-state index is 10.8. The Labute approximate surface area is 59.6 Å². The van der Waals surface area contributed by atoms with Crippen molar-refractivity contribution < 1.29 is 9.90 Å². The molecule has 10 heavy (non-hydrogen) atoms. The highest BCUT2D eigenvalue weighted by Gasteiger charge is 2.52. The third-order valence-electron chi connectivity index (χ3n) is 2.66. The van der Waals surface area contributed by atoms with Crippen molar-refractivity contribution in [3.63, 3.8) is 0 Å². The van der Waals surface area contributed by atoms with Crippen LogP contribution in [0.3, 0.4) is 0 Å². The van der Waals surface area contributed by atoms with Crippen LogP contribution in [0.25, 0.3) is 0 Å². The van der Waals surface area contributed by atoms with E-state index in [1.165, 1.54) is 0 Å². The van der Waals surface area contributed by atoms with Crippen LogP contribution in [0.5, 0.6) is 0 Å². The molecule has 0 spiro atoms. The lowest BCUT2D eigenvalue weighted by Crippen LogP contribution is -2.44. The summed E-state index contributed by atoms with van der Waals surface area (Å²) in [5.41, 5.74) is 0. The first-order chi connectivity index (χ1) is 4.70. The van der Waals surface area contributed by atoms with Gasteiger partial charge in [0, 0.05) is 19.4 Å². The van der Waals surface area contributed by atoms with Gasteiger partial charge in [0.2, 0.25) is 5.91 Å². The van der Waals surface area contributed by atoms with E-state index in [9.17, 15) is 9.90 Å². The van der Waals surface area contributed by atoms with Gasteiger partial charge in [-0.1, -0.05) is 0 Å². The van der Waals surface area contributed by atoms with Crippen molar-refractivity contribution in [2.24, 2.45) is 5.92 Å². The molecule has 1 saturated carbocycles. The van der Waals surface area contributed by atoms with Crippen molar-refractivity contribution in [2.45, 2.75) is 25.5 Å². The minimum Gasteiger partial charge on any atom is -0.391 e. The summed E-state index contributed by atoms with van der Waals surface area (Å²) in [6, 6.07) is 0.155. The predicted octanol–water partition coefficient (Wildman–Crippen LogP) is -0.402. The molecule has 2 saturated heterocycles. The first-order valence-electron chi connectivity index (χ1n) is 3.65. The molecule has 2 aliphatic heterocycles. The molecule has 56 valence electrons. The molecule has 0 aromatic heterocycles. The number of nitrogens with zero attached hydrogens (tertiary/aromatic N) is 1. The van der Waals surface area contributed by atoms with Crippen LogP contribution in [-0.4, -0.2) is 34.6 Å².